The van der Waals surface area contributed by atoms with Gasteiger partial charge in [-0.15, -0.1) is 36.2 Å². The first-order chi connectivity index (χ1) is 8.10. The normalized spacial score (nSPS) is 16.3. The molecule has 0 aromatic carbocycles. The molecule has 0 radical (unpaired) electrons. The van der Waals surface area contributed by atoms with Crippen LogP contribution in [0.2, 0.25) is 0 Å². The molecular formula is C12H21Cl2N3OS. The van der Waals surface area contributed by atoms with Gasteiger partial charge in [-0.1, -0.05) is 12.8 Å². The van der Waals surface area contributed by atoms with Gasteiger partial charge in [0, 0.05) is 18.3 Å². The van der Waals surface area contributed by atoms with E-state index in [9.17, 15) is 4.79 Å². The van der Waals surface area contributed by atoms with Crippen LogP contribution in [0.5, 0.6) is 0 Å². The van der Waals surface area contributed by atoms with Crippen molar-refractivity contribution in [2.45, 2.75) is 44.6 Å². The van der Waals surface area contributed by atoms with Crippen LogP contribution in [-0.4, -0.2) is 23.0 Å². The zero-order chi connectivity index (χ0) is 12.3. The van der Waals surface area contributed by atoms with Gasteiger partial charge in [-0.25, -0.2) is 4.98 Å². The number of aryl methyl sites for hydroxylation is 1. The van der Waals surface area contributed by atoms with Gasteiger partial charge in [0.1, 0.15) is 0 Å². The third kappa shape index (κ3) is 4.91. The first kappa shape index (κ1) is 18.6. The van der Waals surface area contributed by atoms with E-state index >= 15 is 0 Å². The van der Waals surface area contributed by atoms with E-state index in [0.29, 0.717) is 6.54 Å². The summed E-state index contributed by atoms with van der Waals surface area (Å²) in [6.45, 7) is 2.61. The maximum absolute atomic E-state index is 11.9. The second-order valence-electron chi connectivity index (χ2n) is 4.73. The van der Waals surface area contributed by atoms with Crippen LogP contribution in [0.3, 0.4) is 0 Å². The zero-order valence-corrected chi connectivity index (χ0v) is 13.4. The van der Waals surface area contributed by atoms with Crippen molar-refractivity contribution in [1.29, 1.82) is 0 Å². The minimum atomic E-state index is -0.613. The highest BCUT2D eigenvalue weighted by Crippen LogP contribution is 2.27. The summed E-state index contributed by atoms with van der Waals surface area (Å²) >= 11 is 1.64. The second kappa shape index (κ2) is 8.04. The Morgan fingerprint density at radius 1 is 1.47 bits per heavy atom. The standard InChI is InChI=1S/C12H19N3OS.2ClH/c1-9-15-10(8-17-9)4-7-14-11(16)12(13)5-2-3-6-12;;/h8H,2-7,13H2,1H3,(H,14,16);2*1H. The van der Waals surface area contributed by atoms with Crippen molar-refractivity contribution in [3.05, 3.63) is 16.1 Å². The number of halogens is 2. The number of carbonyl (C=O) groups is 1. The highest BCUT2D eigenvalue weighted by molar-refractivity contribution is 7.09. The van der Waals surface area contributed by atoms with E-state index in [1.165, 1.54) is 0 Å². The third-order valence-electron chi connectivity index (χ3n) is 3.28. The van der Waals surface area contributed by atoms with E-state index in [2.05, 4.69) is 10.3 Å². The van der Waals surface area contributed by atoms with Crippen LogP contribution in [0.4, 0.5) is 0 Å². The minimum Gasteiger partial charge on any atom is -0.354 e. The van der Waals surface area contributed by atoms with Gasteiger partial charge in [-0.3, -0.25) is 4.79 Å². The van der Waals surface area contributed by atoms with Gasteiger partial charge >= 0.3 is 0 Å². The molecule has 0 saturated heterocycles. The quantitative estimate of drug-likeness (QED) is 0.891. The van der Waals surface area contributed by atoms with E-state index < -0.39 is 5.54 Å². The van der Waals surface area contributed by atoms with Gasteiger partial charge in [0.2, 0.25) is 5.91 Å². The molecule has 3 N–H and O–H groups in total. The molecule has 1 aliphatic rings. The molecule has 1 fully saturated rings. The summed E-state index contributed by atoms with van der Waals surface area (Å²) < 4.78 is 0. The lowest BCUT2D eigenvalue weighted by atomic mass is 9.98. The molecule has 1 saturated carbocycles. The summed E-state index contributed by atoms with van der Waals surface area (Å²) in [6, 6.07) is 0. The van der Waals surface area contributed by atoms with Crippen molar-refractivity contribution < 1.29 is 4.79 Å². The van der Waals surface area contributed by atoms with Crippen LogP contribution >= 0.6 is 36.2 Å². The van der Waals surface area contributed by atoms with Crippen LogP contribution in [0.15, 0.2) is 5.38 Å². The van der Waals surface area contributed by atoms with Crippen molar-refractivity contribution in [1.82, 2.24) is 10.3 Å². The molecule has 0 unspecified atom stereocenters. The van der Waals surface area contributed by atoms with Gasteiger partial charge in [0.05, 0.1) is 16.2 Å². The molecular weight excluding hydrogens is 305 g/mol. The molecule has 1 heterocycles. The highest BCUT2D eigenvalue weighted by atomic mass is 35.5. The number of hydrogen-bond acceptors (Lipinski definition) is 4. The molecule has 2 rings (SSSR count). The third-order valence-corrected chi connectivity index (χ3v) is 4.10. The Balaban J connectivity index is 0.00000162. The number of carbonyl (C=O) groups excluding carboxylic acids is 1. The van der Waals surface area contributed by atoms with Crippen LogP contribution in [0.25, 0.3) is 0 Å². The monoisotopic (exact) mass is 325 g/mol. The fraction of sp³-hybridized carbons (Fsp3) is 0.667. The minimum absolute atomic E-state index is 0. The average Bonchev–Trinajstić information content (AvgIpc) is 2.89. The molecule has 0 bridgehead atoms. The van der Waals surface area contributed by atoms with Gasteiger partial charge in [0.25, 0.3) is 0 Å². The lowest BCUT2D eigenvalue weighted by molar-refractivity contribution is -0.126. The molecule has 4 nitrogen and oxygen atoms in total. The number of amides is 1. The van der Waals surface area contributed by atoms with Crippen molar-refractivity contribution >= 4 is 42.1 Å². The fourth-order valence-electron chi connectivity index (χ4n) is 2.24. The first-order valence-electron chi connectivity index (χ1n) is 6.08. The Kier molecular flexibility index (Phi) is 7.89. The fourth-order valence-corrected chi connectivity index (χ4v) is 2.88. The number of hydrogen-bond donors (Lipinski definition) is 2. The molecule has 1 aromatic rings. The zero-order valence-electron chi connectivity index (χ0n) is 11.0. The van der Waals surface area contributed by atoms with E-state index in [4.69, 9.17) is 5.73 Å². The molecule has 7 heteroatoms. The highest BCUT2D eigenvalue weighted by Gasteiger charge is 2.36. The topological polar surface area (TPSA) is 68.0 Å². The lowest BCUT2D eigenvalue weighted by Gasteiger charge is -2.22. The van der Waals surface area contributed by atoms with Crippen molar-refractivity contribution in [2.75, 3.05) is 6.54 Å². The Hall–Kier alpha value is -0.360. The Bertz CT molecular complexity index is 405. The van der Waals surface area contributed by atoms with Gasteiger partial charge < -0.3 is 11.1 Å². The largest absolute Gasteiger partial charge is 0.354 e. The van der Waals surface area contributed by atoms with E-state index in [1.54, 1.807) is 11.3 Å². The molecule has 1 amide bonds. The Morgan fingerprint density at radius 3 is 2.63 bits per heavy atom. The predicted molar refractivity (Wildman–Crippen MR) is 83.4 cm³/mol. The number of nitrogens with zero attached hydrogens (tertiary/aromatic N) is 1. The molecule has 1 aliphatic carbocycles. The maximum atomic E-state index is 11.9. The molecule has 1 aromatic heterocycles. The Morgan fingerprint density at radius 2 is 2.11 bits per heavy atom. The van der Waals surface area contributed by atoms with E-state index in [0.717, 1.165) is 42.8 Å². The van der Waals surface area contributed by atoms with Crippen LogP contribution in [0.1, 0.15) is 36.4 Å². The molecule has 19 heavy (non-hydrogen) atoms. The molecule has 0 aliphatic heterocycles. The maximum Gasteiger partial charge on any atom is 0.240 e. The lowest BCUT2D eigenvalue weighted by Crippen LogP contribution is -2.52. The van der Waals surface area contributed by atoms with Gasteiger partial charge in [-0.05, 0) is 19.8 Å². The summed E-state index contributed by atoms with van der Waals surface area (Å²) in [6.07, 6.45) is 4.54. The number of nitrogens with one attached hydrogen (secondary N) is 1. The van der Waals surface area contributed by atoms with Crippen LogP contribution < -0.4 is 11.1 Å². The summed E-state index contributed by atoms with van der Waals surface area (Å²) in [5, 5.41) is 6.03. The number of nitrogens with two attached hydrogens (primary N) is 1. The summed E-state index contributed by atoms with van der Waals surface area (Å²) in [5.74, 6) is 0.00181. The molecule has 110 valence electrons. The summed E-state index contributed by atoms with van der Waals surface area (Å²) in [4.78, 5) is 16.3. The number of rotatable bonds is 4. The van der Waals surface area contributed by atoms with Crippen LogP contribution in [-0.2, 0) is 11.2 Å². The molecule has 0 spiro atoms. The van der Waals surface area contributed by atoms with E-state index in [1.807, 2.05) is 12.3 Å². The number of aromatic nitrogens is 1. The SMILES string of the molecule is Cc1nc(CCNC(=O)C2(N)CCCC2)cs1.Cl.Cl. The summed E-state index contributed by atoms with van der Waals surface area (Å²) in [5.41, 5.74) is 6.49. The van der Waals surface area contributed by atoms with Crippen molar-refractivity contribution in [3.63, 3.8) is 0 Å². The number of thiazole rings is 1. The first-order valence-corrected chi connectivity index (χ1v) is 6.96. The van der Waals surface area contributed by atoms with E-state index in [-0.39, 0.29) is 30.7 Å². The van der Waals surface area contributed by atoms with Crippen molar-refractivity contribution in [3.8, 4) is 0 Å². The second-order valence-corrected chi connectivity index (χ2v) is 5.79. The molecule has 0 atom stereocenters. The van der Waals surface area contributed by atoms with Crippen molar-refractivity contribution in [2.24, 2.45) is 5.73 Å². The van der Waals surface area contributed by atoms with Crippen LogP contribution in [0, 0.1) is 6.92 Å². The predicted octanol–water partition coefficient (Wildman–Crippen LogP) is 2.23. The summed E-state index contributed by atoms with van der Waals surface area (Å²) in [7, 11) is 0. The average molecular weight is 326 g/mol. The Labute approximate surface area is 130 Å². The van der Waals surface area contributed by atoms with Gasteiger partial charge in [-0.2, -0.15) is 0 Å². The smallest absolute Gasteiger partial charge is 0.240 e. The van der Waals surface area contributed by atoms with Gasteiger partial charge in [0.15, 0.2) is 0 Å².